The van der Waals surface area contributed by atoms with Crippen molar-refractivity contribution in [2.45, 2.75) is 45.8 Å². The van der Waals surface area contributed by atoms with Gasteiger partial charge in [0.1, 0.15) is 5.75 Å². The number of piperidine rings is 1. The summed E-state index contributed by atoms with van der Waals surface area (Å²) in [4.78, 5) is 15.2. The van der Waals surface area contributed by atoms with E-state index in [1.165, 1.54) is 18.5 Å². The number of hydrogen-bond donors (Lipinski definition) is 1. The molecule has 162 valence electrons. The lowest BCUT2D eigenvalue weighted by Gasteiger charge is -2.33. The van der Waals surface area contributed by atoms with Crippen LogP contribution in [0.25, 0.3) is 10.8 Å². The summed E-state index contributed by atoms with van der Waals surface area (Å²) in [7, 11) is 0. The fraction of sp³-hybridized carbons (Fsp3) is 0.370. The molecule has 4 nitrogen and oxygen atoms in total. The highest BCUT2D eigenvalue weighted by molar-refractivity contribution is 5.89. The summed E-state index contributed by atoms with van der Waals surface area (Å²) in [5.41, 5.74) is 2.36. The molecule has 1 fully saturated rings. The van der Waals surface area contributed by atoms with Crippen molar-refractivity contribution in [3.63, 3.8) is 0 Å². The molecular weight excluding hydrogens is 384 g/mol. The zero-order chi connectivity index (χ0) is 21.8. The first kappa shape index (κ1) is 21.2. The Labute approximate surface area is 185 Å². The van der Waals surface area contributed by atoms with Crippen molar-refractivity contribution in [2.75, 3.05) is 18.0 Å². The van der Waals surface area contributed by atoms with E-state index in [9.17, 15) is 4.79 Å². The first-order chi connectivity index (χ1) is 15.0. The van der Waals surface area contributed by atoms with Crippen molar-refractivity contribution in [1.29, 1.82) is 0 Å². The van der Waals surface area contributed by atoms with E-state index in [1.807, 2.05) is 49.4 Å². The average molecular weight is 417 g/mol. The van der Waals surface area contributed by atoms with Crippen molar-refractivity contribution < 1.29 is 9.53 Å². The summed E-state index contributed by atoms with van der Waals surface area (Å²) >= 11 is 0. The van der Waals surface area contributed by atoms with Gasteiger partial charge in [0, 0.05) is 24.2 Å². The van der Waals surface area contributed by atoms with Gasteiger partial charge in [0.2, 0.25) is 0 Å². The highest BCUT2D eigenvalue weighted by Gasteiger charge is 2.20. The molecule has 1 heterocycles. The minimum atomic E-state index is -0.581. The van der Waals surface area contributed by atoms with Crippen LogP contribution < -0.4 is 15.0 Å². The van der Waals surface area contributed by atoms with Crippen LogP contribution in [0.2, 0.25) is 0 Å². The maximum atomic E-state index is 12.8. The van der Waals surface area contributed by atoms with Gasteiger partial charge in [0.05, 0.1) is 6.04 Å². The largest absolute Gasteiger partial charge is 0.480 e. The Morgan fingerprint density at radius 1 is 1.03 bits per heavy atom. The Morgan fingerprint density at radius 3 is 2.55 bits per heavy atom. The normalized spacial score (nSPS) is 18.4. The molecule has 1 N–H and O–H groups in total. The van der Waals surface area contributed by atoms with Gasteiger partial charge in [-0.25, -0.2) is 0 Å². The molecule has 0 aliphatic carbocycles. The molecule has 4 rings (SSSR count). The van der Waals surface area contributed by atoms with E-state index >= 15 is 0 Å². The molecule has 4 heteroatoms. The average Bonchev–Trinajstić information content (AvgIpc) is 2.79. The zero-order valence-corrected chi connectivity index (χ0v) is 18.7. The molecule has 3 unspecified atom stereocenters. The molecule has 0 spiro atoms. The number of benzene rings is 3. The molecule has 0 saturated carbocycles. The van der Waals surface area contributed by atoms with Crippen molar-refractivity contribution in [2.24, 2.45) is 5.92 Å². The molecular formula is C27H32N2O2. The fourth-order valence-corrected chi connectivity index (χ4v) is 4.35. The predicted octanol–water partition coefficient (Wildman–Crippen LogP) is 5.72. The predicted molar refractivity (Wildman–Crippen MR) is 128 cm³/mol. The summed E-state index contributed by atoms with van der Waals surface area (Å²) in [6.45, 7) is 8.37. The number of fused-ring (bicyclic) bond motifs is 1. The highest BCUT2D eigenvalue weighted by Crippen LogP contribution is 2.27. The van der Waals surface area contributed by atoms with E-state index in [0.29, 0.717) is 0 Å². The van der Waals surface area contributed by atoms with E-state index in [1.54, 1.807) is 6.92 Å². The minimum absolute atomic E-state index is 0.0830. The number of carbonyl (C=O) groups excluding carboxylic acids is 1. The fourth-order valence-electron chi connectivity index (χ4n) is 4.35. The summed E-state index contributed by atoms with van der Waals surface area (Å²) in [5, 5.41) is 5.21. The second-order valence-corrected chi connectivity index (χ2v) is 8.75. The maximum absolute atomic E-state index is 12.8. The van der Waals surface area contributed by atoms with E-state index in [0.717, 1.165) is 41.1 Å². The quantitative estimate of drug-likeness (QED) is 0.559. The van der Waals surface area contributed by atoms with Crippen LogP contribution in [-0.2, 0) is 4.79 Å². The van der Waals surface area contributed by atoms with Crippen LogP contribution in [-0.4, -0.2) is 25.1 Å². The van der Waals surface area contributed by atoms with Crippen LogP contribution in [0.3, 0.4) is 0 Å². The Morgan fingerprint density at radius 2 is 1.77 bits per heavy atom. The maximum Gasteiger partial charge on any atom is 0.261 e. The van der Waals surface area contributed by atoms with E-state index in [-0.39, 0.29) is 11.9 Å². The van der Waals surface area contributed by atoms with Crippen LogP contribution in [0.4, 0.5) is 5.69 Å². The highest BCUT2D eigenvalue weighted by atomic mass is 16.5. The summed E-state index contributed by atoms with van der Waals surface area (Å²) in [5.74, 6) is 1.36. The van der Waals surface area contributed by atoms with Crippen molar-refractivity contribution in [3.05, 3.63) is 72.3 Å². The van der Waals surface area contributed by atoms with Gasteiger partial charge in [-0.05, 0) is 61.8 Å². The number of nitrogens with one attached hydrogen (secondary N) is 1. The van der Waals surface area contributed by atoms with Crippen molar-refractivity contribution in [3.8, 4) is 5.75 Å². The van der Waals surface area contributed by atoms with E-state index in [4.69, 9.17) is 4.74 Å². The van der Waals surface area contributed by atoms with Gasteiger partial charge in [0.15, 0.2) is 6.10 Å². The van der Waals surface area contributed by atoms with Gasteiger partial charge in [-0.15, -0.1) is 0 Å². The van der Waals surface area contributed by atoms with Gasteiger partial charge in [-0.3, -0.25) is 4.79 Å². The molecule has 0 radical (unpaired) electrons. The molecule has 0 aromatic heterocycles. The lowest BCUT2D eigenvalue weighted by molar-refractivity contribution is -0.127. The summed E-state index contributed by atoms with van der Waals surface area (Å²) < 4.78 is 6.02. The molecule has 1 aliphatic rings. The van der Waals surface area contributed by atoms with Crippen molar-refractivity contribution in [1.82, 2.24) is 5.32 Å². The van der Waals surface area contributed by atoms with Crippen LogP contribution in [0.1, 0.15) is 45.2 Å². The van der Waals surface area contributed by atoms with Gasteiger partial charge in [-0.2, -0.15) is 0 Å². The van der Waals surface area contributed by atoms with Crippen LogP contribution >= 0.6 is 0 Å². The second kappa shape index (κ2) is 9.42. The van der Waals surface area contributed by atoms with Crippen LogP contribution in [0.15, 0.2) is 66.7 Å². The smallest absolute Gasteiger partial charge is 0.261 e. The van der Waals surface area contributed by atoms with Gasteiger partial charge >= 0.3 is 0 Å². The molecule has 0 bridgehead atoms. The van der Waals surface area contributed by atoms with E-state index in [2.05, 4.69) is 41.4 Å². The monoisotopic (exact) mass is 416 g/mol. The van der Waals surface area contributed by atoms with Crippen LogP contribution in [0, 0.1) is 5.92 Å². The first-order valence-corrected chi connectivity index (χ1v) is 11.3. The Bertz CT molecular complexity index is 1030. The summed E-state index contributed by atoms with van der Waals surface area (Å²) in [6.07, 6.45) is 1.99. The number of carbonyl (C=O) groups is 1. The lowest BCUT2D eigenvalue weighted by atomic mass is 9.99. The lowest BCUT2D eigenvalue weighted by Crippen LogP contribution is -2.37. The number of nitrogens with zero attached hydrogens (tertiary/aromatic N) is 1. The Balaban J connectivity index is 1.37. The SMILES string of the molecule is CC1CCCN(c2ccc(C(C)NC(=O)C(C)Oc3cccc4ccccc34)cc2)C1. The first-order valence-electron chi connectivity index (χ1n) is 11.3. The standard InChI is InChI=1S/C27H32N2O2/c1-19-8-7-17-29(18-19)24-15-13-22(14-16-24)20(2)28-27(30)21(3)31-26-12-6-10-23-9-4-5-11-25(23)26/h4-6,9-16,19-21H,7-8,17-18H2,1-3H3,(H,28,30). The van der Waals surface area contributed by atoms with Crippen LogP contribution in [0.5, 0.6) is 5.75 Å². The molecule has 1 saturated heterocycles. The number of ether oxygens (including phenoxy) is 1. The third kappa shape index (κ3) is 5.01. The third-order valence-corrected chi connectivity index (χ3v) is 6.20. The van der Waals surface area contributed by atoms with Gasteiger partial charge in [-0.1, -0.05) is 55.5 Å². The second-order valence-electron chi connectivity index (χ2n) is 8.75. The van der Waals surface area contributed by atoms with E-state index < -0.39 is 6.10 Å². The molecule has 3 atom stereocenters. The molecule has 1 aliphatic heterocycles. The molecule has 31 heavy (non-hydrogen) atoms. The molecule has 1 amide bonds. The molecule has 3 aromatic rings. The number of rotatable bonds is 6. The third-order valence-electron chi connectivity index (χ3n) is 6.20. The Kier molecular flexibility index (Phi) is 6.45. The topological polar surface area (TPSA) is 41.6 Å². The van der Waals surface area contributed by atoms with Gasteiger partial charge in [0.25, 0.3) is 5.91 Å². The van der Waals surface area contributed by atoms with Gasteiger partial charge < -0.3 is 15.0 Å². The number of anilines is 1. The summed E-state index contributed by atoms with van der Waals surface area (Å²) in [6, 6.07) is 22.5. The Hall–Kier alpha value is -3.01. The minimum Gasteiger partial charge on any atom is -0.480 e. The number of amides is 1. The van der Waals surface area contributed by atoms with Crippen molar-refractivity contribution >= 4 is 22.4 Å². The zero-order valence-electron chi connectivity index (χ0n) is 18.7. The molecule has 3 aromatic carbocycles. The number of hydrogen-bond acceptors (Lipinski definition) is 3.